The van der Waals surface area contributed by atoms with Crippen LogP contribution >= 0.6 is 11.6 Å². The fourth-order valence-electron chi connectivity index (χ4n) is 5.93. The number of anilines is 1. The molecule has 1 fully saturated rings. The second-order valence-electron chi connectivity index (χ2n) is 9.95. The number of carboxylic acids is 1. The van der Waals surface area contributed by atoms with E-state index in [0.717, 1.165) is 0 Å². The van der Waals surface area contributed by atoms with E-state index in [1.165, 1.54) is 61.8 Å². The van der Waals surface area contributed by atoms with E-state index in [0.29, 0.717) is 9.69 Å². The Bertz CT molecular complexity index is 1900. The van der Waals surface area contributed by atoms with Gasteiger partial charge in [0.1, 0.15) is 10.9 Å². The molecule has 6 rings (SSSR count). The standard InChI is InChI=1S/C28H24ClN5O8S/c1-41-24-19(13-31-27(32-24)42-2)28(33-14-17(35)12-21(33)25(36)37)18-11-16(29)8-9-20(18)34(26(28)38)43(39,40)22-7-3-5-15-6-4-10-30-23(15)22/h3-11,13,17,21,35H,12,14H2,1-2H3,(H,36,37)/t17-,21+,28?/m1/s1. The number of methoxy groups -OCH3 is 2. The molecule has 0 bridgehead atoms. The number of para-hydroxylation sites is 1. The number of aliphatic carboxylic acids is 1. The highest BCUT2D eigenvalue weighted by molar-refractivity contribution is 7.93. The van der Waals surface area contributed by atoms with Gasteiger partial charge in [0.25, 0.3) is 15.9 Å². The average Bonchev–Trinajstić information content (AvgIpc) is 3.51. The van der Waals surface area contributed by atoms with Gasteiger partial charge in [-0.2, -0.15) is 4.98 Å². The Kier molecular flexibility index (Phi) is 6.96. The van der Waals surface area contributed by atoms with Crippen LogP contribution in [0.25, 0.3) is 10.9 Å². The van der Waals surface area contributed by atoms with Gasteiger partial charge in [-0.25, -0.2) is 17.7 Å². The maximum atomic E-state index is 15.1. The Morgan fingerprint density at radius 3 is 2.58 bits per heavy atom. The van der Waals surface area contributed by atoms with Crippen molar-refractivity contribution in [1.82, 2.24) is 19.9 Å². The van der Waals surface area contributed by atoms with Crippen molar-refractivity contribution in [1.29, 1.82) is 0 Å². The van der Waals surface area contributed by atoms with Gasteiger partial charge in [0, 0.05) is 41.3 Å². The van der Waals surface area contributed by atoms with E-state index >= 15 is 4.79 Å². The molecule has 2 aromatic carbocycles. The summed E-state index contributed by atoms with van der Waals surface area (Å²) in [6.45, 7) is -0.312. The van der Waals surface area contributed by atoms with Crippen molar-refractivity contribution in [3.63, 3.8) is 0 Å². The fourth-order valence-corrected chi connectivity index (χ4v) is 7.74. The Balaban J connectivity index is 1.71. The lowest BCUT2D eigenvalue weighted by Gasteiger charge is -2.40. The quantitative estimate of drug-likeness (QED) is 0.307. The molecule has 0 radical (unpaired) electrons. The van der Waals surface area contributed by atoms with Crippen molar-refractivity contribution < 1.29 is 37.7 Å². The van der Waals surface area contributed by atoms with E-state index in [1.807, 2.05) is 0 Å². The largest absolute Gasteiger partial charge is 0.481 e. The first kappa shape index (κ1) is 28.7. The highest BCUT2D eigenvalue weighted by Crippen LogP contribution is 2.54. The number of ether oxygens (including phenoxy) is 2. The number of β-amino-alcohol motifs (C(OH)–C–C–N with tert-alkyl or cyclic N) is 1. The summed E-state index contributed by atoms with van der Waals surface area (Å²) in [5.41, 5.74) is -2.20. The van der Waals surface area contributed by atoms with Crippen LogP contribution in [0.1, 0.15) is 17.5 Å². The van der Waals surface area contributed by atoms with Gasteiger partial charge in [0.2, 0.25) is 5.88 Å². The summed E-state index contributed by atoms with van der Waals surface area (Å²) in [6.07, 6.45) is 1.26. The third-order valence-corrected chi connectivity index (χ3v) is 9.63. The zero-order chi connectivity index (χ0) is 30.7. The van der Waals surface area contributed by atoms with Gasteiger partial charge >= 0.3 is 12.0 Å². The van der Waals surface area contributed by atoms with Crippen molar-refractivity contribution in [3.8, 4) is 11.9 Å². The van der Waals surface area contributed by atoms with E-state index in [2.05, 4.69) is 15.0 Å². The first-order valence-electron chi connectivity index (χ1n) is 12.9. The number of carbonyl (C=O) groups is 2. The SMILES string of the molecule is COc1ncc(C2(N3C[C@H](O)C[C@H]3C(=O)O)C(=O)N(S(=O)(=O)c3cccc4cccnc34)c3ccc(Cl)cc32)c(OC)n1. The van der Waals surface area contributed by atoms with Crippen LogP contribution in [0.5, 0.6) is 11.9 Å². The summed E-state index contributed by atoms with van der Waals surface area (Å²) in [5.74, 6) is -2.58. The summed E-state index contributed by atoms with van der Waals surface area (Å²) < 4.78 is 40.4. The van der Waals surface area contributed by atoms with Crippen LogP contribution in [-0.4, -0.2) is 83.3 Å². The number of fused-ring (bicyclic) bond motifs is 2. The van der Waals surface area contributed by atoms with Crippen LogP contribution < -0.4 is 13.8 Å². The molecule has 0 aliphatic carbocycles. The van der Waals surface area contributed by atoms with Gasteiger partial charge in [-0.3, -0.25) is 19.5 Å². The Morgan fingerprint density at radius 1 is 1.09 bits per heavy atom. The molecule has 1 unspecified atom stereocenters. The molecule has 4 heterocycles. The monoisotopic (exact) mass is 625 g/mol. The zero-order valence-corrected chi connectivity index (χ0v) is 24.3. The minimum Gasteiger partial charge on any atom is -0.481 e. The van der Waals surface area contributed by atoms with Crippen LogP contribution in [-0.2, 0) is 25.2 Å². The average molecular weight is 626 g/mol. The predicted molar refractivity (Wildman–Crippen MR) is 153 cm³/mol. The molecule has 43 heavy (non-hydrogen) atoms. The number of benzene rings is 2. The molecule has 2 N–H and O–H groups in total. The third kappa shape index (κ3) is 4.20. The van der Waals surface area contributed by atoms with Gasteiger partial charge in [-0.1, -0.05) is 29.8 Å². The molecule has 1 amide bonds. The normalized spacial score (nSPS) is 22.1. The lowest BCUT2D eigenvalue weighted by atomic mass is 9.82. The minimum atomic E-state index is -4.70. The molecule has 1 saturated heterocycles. The number of sulfonamides is 1. The van der Waals surface area contributed by atoms with Gasteiger partial charge in [-0.05, 0) is 30.3 Å². The number of carboxylic acid groups (broad SMARTS) is 1. The number of rotatable bonds is 7. The topological polar surface area (TPSA) is 172 Å². The van der Waals surface area contributed by atoms with Crippen molar-refractivity contribution in [3.05, 3.63) is 77.1 Å². The number of aromatic nitrogens is 3. The molecule has 2 aliphatic rings. The number of carbonyl (C=O) groups excluding carboxylic acids is 1. The summed E-state index contributed by atoms with van der Waals surface area (Å²) in [4.78, 5) is 41.3. The predicted octanol–water partition coefficient (Wildman–Crippen LogP) is 2.19. The number of amides is 1. The lowest BCUT2D eigenvalue weighted by molar-refractivity contribution is -0.145. The molecular weight excluding hydrogens is 602 g/mol. The van der Waals surface area contributed by atoms with Crippen LogP contribution in [0.3, 0.4) is 0 Å². The smallest absolute Gasteiger partial charge is 0.321 e. The number of aliphatic hydroxyl groups is 1. The van der Waals surface area contributed by atoms with Gasteiger partial charge in [0.05, 0.1) is 37.1 Å². The second-order valence-corrected chi connectivity index (χ2v) is 12.1. The van der Waals surface area contributed by atoms with Crippen LogP contribution in [0.15, 0.2) is 65.8 Å². The van der Waals surface area contributed by atoms with Gasteiger partial charge < -0.3 is 19.7 Å². The van der Waals surface area contributed by atoms with E-state index in [4.69, 9.17) is 21.1 Å². The number of hydrogen-bond acceptors (Lipinski definition) is 11. The minimum absolute atomic E-state index is 0.0363. The highest BCUT2D eigenvalue weighted by Gasteiger charge is 2.64. The van der Waals surface area contributed by atoms with Crippen molar-refractivity contribution in [2.75, 3.05) is 25.1 Å². The maximum Gasteiger partial charge on any atom is 0.321 e. The maximum absolute atomic E-state index is 15.1. The Morgan fingerprint density at radius 2 is 1.86 bits per heavy atom. The molecule has 2 aliphatic heterocycles. The molecule has 0 saturated carbocycles. The number of halogens is 1. The van der Waals surface area contributed by atoms with Gasteiger partial charge in [0.15, 0.2) is 5.54 Å². The molecule has 222 valence electrons. The van der Waals surface area contributed by atoms with Crippen molar-refractivity contribution >= 4 is 50.1 Å². The Labute approximate surface area is 250 Å². The summed E-state index contributed by atoms with van der Waals surface area (Å²) in [7, 11) is -2.10. The van der Waals surface area contributed by atoms with E-state index in [1.54, 1.807) is 18.2 Å². The molecule has 3 atom stereocenters. The van der Waals surface area contributed by atoms with Crippen LogP contribution in [0, 0.1) is 0 Å². The number of pyridine rings is 1. The number of aliphatic hydroxyl groups excluding tert-OH is 1. The molecule has 4 aromatic rings. The number of likely N-dealkylation sites (tertiary alicyclic amines) is 1. The molecule has 13 nitrogen and oxygen atoms in total. The van der Waals surface area contributed by atoms with E-state index < -0.39 is 39.6 Å². The number of nitrogens with zero attached hydrogens (tertiary/aromatic N) is 5. The van der Waals surface area contributed by atoms with Crippen molar-refractivity contribution in [2.45, 2.75) is 29.0 Å². The first-order chi connectivity index (χ1) is 20.5. The molecule has 15 heteroatoms. The second kappa shape index (κ2) is 10.4. The third-order valence-electron chi connectivity index (χ3n) is 7.67. The van der Waals surface area contributed by atoms with E-state index in [9.17, 15) is 23.4 Å². The number of hydrogen-bond donors (Lipinski definition) is 2. The summed E-state index contributed by atoms with van der Waals surface area (Å²) >= 11 is 6.44. The van der Waals surface area contributed by atoms with Crippen molar-refractivity contribution in [2.24, 2.45) is 0 Å². The molecular formula is C28H24ClN5O8S. The lowest BCUT2D eigenvalue weighted by Crippen LogP contribution is -2.58. The Hall–Kier alpha value is -4.37. The fraction of sp³-hybridized carbons (Fsp3) is 0.250. The van der Waals surface area contributed by atoms with Gasteiger partial charge in [-0.15, -0.1) is 0 Å². The van der Waals surface area contributed by atoms with E-state index in [-0.39, 0.29) is 57.1 Å². The summed E-state index contributed by atoms with van der Waals surface area (Å²) in [6, 6.07) is 10.5. The summed E-state index contributed by atoms with van der Waals surface area (Å²) in [5, 5.41) is 21.6. The zero-order valence-electron chi connectivity index (χ0n) is 22.7. The van der Waals surface area contributed by atoms with Crippen LogP contribution in [0.4, 0.5) is 5.69 Å². The highest BCUT2D eigenvalue weighted by atomic mass is 35.5. The molecule has 0 spiro atoms. The molecule has 2 aromatic heterocycles. The first-order valence-corrected chi connectivity index (χ1v) is 14.7. The van der Waals surface area contributed by atoms with Crippen LogP contribution in [0.2, 0.25) is 5.02 Å².